The zero-order valence-electron chi connectivity index (χ0n) is 13.4. The van der Waals surface area contributed by atoms with E-state index in [1.807, 2.05) is 24.3 Å². The minimum absolute atomic E-state index is 0.724. The van der Waals surface area contributed by atoms with Crippen LogP contribution >= 0.6 is 0 Å². The predicted molar refractivity (Wildman–Crippen MR) is 93.2 cm³/mol. The van der Waals surface area contributed by atoms with Gasteiger partial charge in [-0.25, -0.2) is 0 Å². The molecule has 1 N–H and O–H groups in total. The third-order valence-corrected chi connectivity index (χ3v) is 4.21. The van der Waals surface area contributed by atoms with Crippen molar-refractivity contribution < 1.29 is 4.74 Å². The molecular weight excluding hydrogens is 300 g/mol. The molecule has 0 fully saturated rings. The Morgan fingerprint density at radius 3 is 2.96 bits per heavy atom. The van der Waals surface area contributed by atoms with Gasteiger partial charge in [0.25, 0.3) is 0 Å². The van der Waals surface area contributed by atoms with Crippen molar-refractivity contribution in [2.45, 2.75) is 13.0 Å². The van der Waals surface area contributed by atoms with Gasteiger partial charge in [-0.3, -0.25) is 0 Å². The Kier molecular flexibility index (Phi) is 3.75. The predicted octanol–water partition coefficient (Wildman–Crippen LogP) is 3.41. The van der Waals surface area contributed by atoms with Gasteiger partial charge in [0.2, 0.25) is 0 Å². The molecule has 0 bridgehead atoms. The minimum atomic E-state index is 0.724. The number of H-pyrrole nitrogens is 1. The summed E-state index contributed by atoms with van der Waals surface area (Å²) in [5, 5.41) is 9.63. The van der Waals surface area contributed by atoms with E-state index in [1.165, 1.54) is 10.9 Å². The molecule has 2 heterocycles. The Balaban J connectivity index is 1.60. The highest BCUT2D eigenvalue weighted by atomic mass is 16.5. The van der Waals surface area contributed by atoms with Crippen molar-refractivity contribution in [3.05, 3.63) is 78.0 Å². The number of hydrogen-bond acceptors (Lipinski definition) is 3. The second-order valence-corrected chi connectivity index (χ2v) is 5.76. The van der Waals surface area contributed by atoms with Gasteiger partial charge in [-0.15, -0.1) is 10.2 Å². The summed E-state index contributed by atoms with van der Waals surface area (Å²) in [5.74, 6) is 1.81. The van der Waals surface area contributed by atoms with Gasteiger partial charge in [-0.05, 0) is 29.3 Å². The molecule has 4 rings (SSSR count). The van der Waals surface area contributed by atoms with Crippen LogP contribution in [0.5, 0.6) is 5.75 Å². The van der Waals surface area contributed by atoms with Crippen molar-refractivity contribution in [3.8, 4) is 5.75 Å². The van der Waals surface area contributed by atoms with Gasteiger partial charge in [0.15, 0.2) is 0 Å². The topological polar surface area (TPSA) is 55.7 Å². The molecule has 5 nitrogen and oxygen atoms in total. The van der Waals surface area contributed by atoms with E-state index in [9.17, 15) is 0 Å². The number of hydrogen-bond donors (Lipinski definition) is 1. The second kappa shape index (κ2) is 6.20. The Bertz CT molecular complexity index is 970. The number of nitrogens with one attached hydrogen (secondary N) is 1. The molecule has 5 heteroatoms. The summed E-state index contributed by atoms with van der Waals surface area (Å²) in [4.78, 5) is 3.31. The third-order valence-electron chi connectivity index (χ3n) is 4.21. The number of nitrogens with zero attached hydrogens (tertiary/aromatic N) is 3. The molecule has 0 spiro atoms. The zero-order chi connectivity index (χ0) is 16.4. The Morgan fingerprint density at radius 1 is 1.12 bits per heavy atom. The Labute approximate surface area is 139 Å². The highest BCUT2D eigenvalue weighted by Gasteiger charge is 2.10. The maximum absolute atomic E-state index is 5.29. The normalized spacial score (nSPS) is 11.0. The molecule has 0 radical (unpaired) electrons. The smallest absolute Gasteiger partial charge is 0.137 e. The molecule has 4 aromatic rings. The van der Waals surface area contributed by atoms with Gasteiger partial charge >= 0.3 is 0 Å². The fourth-order valence-corrected chi connectivity index (χ4v) is 2.96. The molecule has 0 unspecified atom stereocenters. The number of fused-ring (bicyclic) bond motifs is 1. The van der Waals surface area contributed by atoms with Crippen LogP contribution in [0.25, 0.3) is 10.9 Å². The highest BCUT2D eigenvalue weighted by molar-refractivity contribution is 5.83. The lowest BCUT2D eigenvalue weighted by Gasteiger charge is -2.08. The van der Waals surface area contributed by atoms with Crippen molar-refractivity contribution in [1.82, 2.24) is 19.7 Å². The van der Waals surface area contributed by atoms with E-state index in [1.54, 1.807) is 13.4 Å². The summed E-state index contributed by atoms with van der Waals surface area (Å²) >= 11 is 0. The maximum Gasteiger partial charge on any atom is 0.137 e. The number of aromatic nitrogens is 4. The van der Waals surface area contributed by atoms with E-state index in [2.05, 4.69) is 50.2 Å². The summed E-state index contributed by atoms with van der Waals surface area (Å²) in [6, 6.07) is 16.4. The van der Waals surface area contributed by atoms with Crippen LogP contribution in [0.2, 0.25) is 0 Å². The van der Waals surface area contributed by atoms with Crippen molar-refractivity contribution >= 4 is 10.9 Å². The van der Waals surface area contributed by atoms with Crippen LogP contribution < -0.4 is 4.74 Å². The fraction of sp³-hybridized carbons (Fsp3) is 0.158. The number of aromatic amines is 1. The fourth-order valence-electron chi connectivity index (χ4n) is 2.96. The first kappa shape index (κ1) is 14.5. The summed E-state index contributed by atoms with van der Waals surface area (Å²) in [6.45, 7) is 0.724. The standard InChI is InChI=1S/C19H18N4O/c1-24-16-6-4-5-14(9-16)12-23-13-21-22-19(23)10-15-11-20-18-8-3-2-7-17(15)18/h2-9,11,13,20H,10,12H2,1H3. The molecular formula is C19H18N4O. The quantitative estimate of drug-likeness (QED) is 0.613. The Morgan fingerprint density at radius 2 is 2.04 bits per heavy atom. The van der Waals surface area contributed by atoms with E-state index in [4.69, 9.17) is 4.74 Å². The van der Waals surface area contributed by atoms with Crippen molar-refractivity contribution in [1.29, 1.82) is 0 Å². The molecule has 0 aliphatic rings. The first-order valence-electron chi connectivity index (χ1n) is 7.88. The summed E-state index contributed by atoms with van der Waals surface area (Å²) in [7, 11) is 1.68. The second-order valence-electron chi connectivity index (χ2n) is 5.76. The van der Waals surface area contributed by atoms with Crippen molar-refractivity contribution in [2.75, 3.05) is 7.11 Å². The molecule has 0 saturated carbocycles. The van der Waals surface area contributed by atoms with E-state index < -0.39 is 0 Å². The summed E-state index contributed by atoms with van der Waals surface area (Å²) in [5.41, 5.74) is 3.53. The molecule has 2 aromatic heterocycles. The van der Waals surface area contributed by atoms with Crippen LogP contribution in [0.1, 0.15) is 17.0 Å². The van der Waals surface area contributed by atoms with E-state index >= 15 is 0 Å². The van der Waals surface area contributed by atoms with Crippen LogP contribution in [0.15, 0.2) is 61.1 Å². The maximum atomic E-state index is 5.29. The number of rotatable bonds is 5. The molecule has 120 valence electrons. The van der Waals surface area contributed by atoms with Gasteiger partial charge < -0.3 is 14.3 Å². The summed E-state index contributed by atoms with van der Waals surface area (Å²) < 4.78 is 7.37. The van der Waals surface area contributed by atoms with Crippen LogP contribution in [-0.2, 0) is 13.0 Å². The average molecular weight is 318 g/mol. The van der Waals surface area contributed by atoms with Gasteiger partial charge in [0, 0.05) is 23.5 Å². The lowest BCUT2D eigenvalue weighted by atomic mass is 10.1. The molecule has 0 aliphatic heterocycles. The van der Waals surface area contributed by atoms with E-state index in [0.717, 1.165) is 35.6 Å². The molecule has 0 saturated heterocycles. The van der Waals surface area contributed by atoms with Gasteiger partial charge in [-0.1, -0.05) is 30.3 Å². The third kappa shape index (κ3) is 2.76. The molecule has 0 atom stereocenters. The number of benzene rings is 2. The van der Waals surface area contributed by atoms with Gasteiger partial charge in [0.05, 0.1) is 13.7 Å². The lowest BCUT2D eigenvalue weighted by molar-refractivity contribution is 0.414. The van der Waals surface area contributed by atoms with Crippen LogP contribution in [0.4, 0.5) is 0 Å². The zero-order valence-corrected chi connectivity index (χ0v) is 13.4. The Hall–Kier alpha value is -3.08. The van der Waals surface area contributed by atoms with Gasteiger partial charge in [-0.2, -0.15) is 0 Å². The SMILES string of the molecule is COc1cccc(Cn2cnnc2Cc2c[nH]c3ccccc23)c1. The summed E-state index contributed by atoms with van der Waals surface area (Å²) in [6.07, 6.45) is 4.58. The molecule has 0 aliphatic carbocycles. The highest BCUT2D eigenvalue weighted by Crippen LogP contribution is 2.21. The van der Waals surface area contributed by atoms with Gasteiger partial charge in [0.1, 0.15) is 17.9 Å². The first-order valence-corrected chi connectivity index (χ1v) is 7.88. The van der Waals surface area contributed by atoms with Crippen LogP contribution in [0.3, 0.4) is 0 Å². The minimum Gasteiger partial charge on any atom is -0.497 e. The van der Waals surface area contributed by atoms with E-state index in [0.29, 0.717) is 0 Å². The van der Waals surface area contributed by atoms with E-state index in [-0.39, 0.29) is 0 Å². The molecule has 0 amide bonds. The molecule has 2 aromatic carbocycles. The van der Waals surface area contributed by atoms with Crippen molar-refractivity contribution in [2.24, 2.45) is 0 Å². The average Bonchev–Trinajstić information content (AvgIpc) is 3.23. The molecule has 24 heavy (non-hydrogen) atoms. The lowest BCUT2D eigenvalue weighted by Crippen LogP contribution is -2.05. The van der Waals surface area contributed by atoms with Crippen molar-refractivity contribution in [3.63, 3.8) is 0 Å². The number of methoxy groups -OCH3 is 1. The number of ether oxygens (including phenoxy) is 1. The number of para-hydroxylation sites is 1. The monoisotopic (exact) mass is 318 g/mol. The van der Waals surface area contributed by atoms with Crippen LogP contribution in [0, 0.1) is 0 Å². The largest absolute Gasteiger partial charge is 0.497 e. The van der Waals surface area contributed by atoms with Crippen LogP contribution in [-0.4, -0.2) is 26.9 Å². The first-order chi connectivity index (χ1) is 11.8.